The molecule has 0 aliphatic heterocycles. The van der Waals surface area contributed by atoms with Crippen LogP contribution in [0.15, 0.2) is 43.0 Å². The van der Waals surface area contributed by atoms with E-state index in [0.29, 0.717) is 0 Å². The third-order valence-electron chi connectivity index (χ3n) is 3.65. The van der Waals surface area contributed by atoms with Crippen molar-refractivity contribution in [2.45, 2.75) is 64.2 Å². The summed E-state index contributed by atoms with van der Waals surface area (Å²) in [6, 6.07) is 11.0. The number of rotatable bonds is 10. The Bertz CT molecular complexity index is 299. The first-order chi connectivity index (χ1) is 8.88. The lowest BCUT2D eigenvalue weighted by Gasteiger charge is -2.16. The zero-order valence-corrected chi connectivity index (χ0v) is 11.9. The van der Waals surface area contributed by atoms with Crippen molar-refractivity contribution in [2.24, 2.45) is 0 Å². The molecule has 0 aliphatic carbocycles. The van der Waals surface area contributed by atoms with E-state index in [1.165, 1.54) is 50.5 Å². The lowest BCUT2D eigenvalue weighted by molar-refractivity contribution is 0.523. The van der Waals surface area contributed by atoms with Gasteiger partial charge in [0.15, 0.2) is 0 Å². The van der Waals surface area contributed by atoms with E-state index in [0.717, 1.165) is 12.3 Å². The summed E-state index contributed by atoms with van der Waals surface area (Å²) in [5.74, 6) is 0.728. The molecule has 0 aliphatic rings. The topological polar surface area (TPSA) is 0 Å². The van der Waals surface area contributed by atoms with Crippen LogP contribution in [-0.4, -0.2) is 0 Å². The van der Waals surface area contributed by atoms with Gasteiger partial charge in [0.2, 0.25) is 0 Å². The molecular formula is C18H28. The van der Waals surface area contributed by atoms with Crippen LogP contribution in [0.3, 0.4) is 0 Å². The largest absolute Gasteiger partial charge is 0.103 e. The monoisotopic (exact) mass is 244 g/mol. The van der Waals surface area contributed by atoms with Crippen LogP contribution in [0, 0.1) is 0 Å². The van der Waals surface area contributed by atoms with Crippen molar-refractivity contribution in [3.8, 4) is 0 Å². The highest BCUT2D eigenvalue weighted by Crippen LogP contribution is 2.27. The molecule has 1 aromatic rings. The number of hydrogen-bond acceptors (Lipinski definition) is 0. The Labute approximate surface area is 113 Å². The molecule has 0 spiro atoms. The number of benzene rings is 1. The van der Waals surface area contributed by atoms with E-state index in [1.807, 2.05) is 6.08 Å². The predicted octanol–water partition coefficient (Wildman–Crippen LogP) is 6.10. The van der Waals surface area contributed by atoms with Crippen LogP contribution in [0.4, 0.5) is 0 Å². The standard InChI is InChI=1S/C18H28/c1-3-5-7-8-10-14-17(13-6-4-2)18-15-11-9-12-16-18/h4,9,11-12,15-17H,2-3,5-8,10,13-14H2,1H3. The van der Waals surface area contributed by atoms with Gasteiger partial charge >= 0.3 is 0 Å². The van der Waals surface area contributed by atoms with Gasteiger partial charge in [-0.05, 0) is 30.7 Å². The van der Waals surface area contributed by atoms with Gasteiger partial charge in [-0.2, -0.15) is 0 Å². The summed E-state index contributed by atoms with van der Waals surface area (Å²) in [6.07, 6.45) is 12.7. The molecular weight excluding hydrogens is 216 g/mol. The minimum Gasteiger partial charge on any atom is -0.103 e. The van der Waals surface area contributed by atoms with Crippen molar-refractivity contribution < 1.29 is 0 Å². The Balaban J connectivity index is 2.38. The summed E-state index contributed by atoms with van der Waals surface area (Å²) >= 11 is 0. The van der Waals surface area contributed by atoms with E-state index >= 15 is 0 Å². The first-order valence-electron chi connectivity index (χ1n) is 7.54. The van der Waals surface area contributed by atoms with Crippen molar-refractivity contribution in [3.05, 3.63) is 48.6 Å². The molecule has 0 amide bonds. The summed E-state index contributed by atoms with van der Waals surface area (Å²) in [5, 5.41) is 0. The van der Waals surface area contributed by atoms with E-state index in [4.69, 9.17) is 0 Å². The maximum Gasteiger partial charge on any atom is -0.0159 e. The zero-order chi connectivity index (χ0) is 13.1. The Kier molecular flexibility index (Phi) is 8.29. The fourth-order valence-corrected chi connectivity index (χ4v) is 2.52. The summed E-state index contributed by atoms with van der Waals surface area (Å²) < 4.78 is 0. The Morgan fingerprint density at radius 3 is 2.39 bits per heavy atom. The molecule has 1 rings (SSSR count). The Morgan fingerprint density at radius 2 is 1.72 bits per heavy atom. The maximum atomic E-state index is 3.85. The van der Waals surface area contributed by atoms with Gasteiger partial charge in [0.05, 0.1) is 0 Å². The minimum absolute atomic E-state index is 0.728. The molecule has 0 aromatic heterocycles. The summed E-state index contributed by atoms with van der Waals surface area (Å²) in [6.45, 7) is 6.12. The average Bonchev–Trinajstić information content (AvgIpc) is 2.43. The number of allylic oxidation sites excluding steroid dienone is 1. The molecule has 1 aromatic carbocycles. The van der Waals surface area contributed by atoms with Crippen LogP contribution in [0.1, 0.15) is 69.8 Å². The molecule has 0 nitrogen and oxygen atoms in total. The second-order valence-electron chi connectivity index (χ2n) is 5.18. The van der Waals surface area contributed by atoms with Gasteiger partial charge in [0.1, 0.15) is 0 Å². The van der Waals surface area contributed by atoms with Crippen LogP contribution < -0.4 is 0 Å². The summed E-state index contributed by atoms with van der Waals surface area (Å²) in [4.78, 5) is 0. The van der Waals surface area contributed by atoms with E-state index in [1.54, 1.807) is 0 Å². The highest BCUT2D eigenvalue weighted by molar-refractivity contribution is 5.19. The van der Waals surface area contributed by atoms with Crippen molar-refractivity contribution in [1.82, 2.24) is 0 Å². The van der Waals surface area contributed by atoms with Gasteiger partial charge < -0.3 is 0 Å². The molecule has 0 saturated heterocycles. The Hall–Kier alpha value is -1.04. The lowest BCUT2D eigenvalue weighted by atomic mass is 9.89. The smallest absolute Gasteiger partial charge is 0.0159 e. The fourth-order valence-electron chi connectivity index (χ4n) is 2.52. The third-order valence-corrected chi connectivity index (χ3v) is 3.65. The van der Waals surface area contributed by atoms with Gasteiger partial charge in [0, 0.05) is 0 Å². The van der Waals surface area contributed by atoms with Crippen molar-refractivity contribution >= 4 is 0 Å². The van der Waals surface area contributed by atoms with Gasteiger partial charge in [-0.1, -0.05) is 75.4 Å². The van der Waals surface area contributed by atoms with Crippen molar-refractivity contribution in [3.63, 3.8) is 0 Å². The summed E-state index contributed by atoms with van der Waals surface area (Å²) in [5.41, 5.74) is 1.51. The normalized spacial score (nSPS) is 12.3. The maximum absolute atomic E-state index is 3.85. The van der Waals surface area contributed by atoms with Crippen molar-refractivity contribution in [1.29, 1.82) is 0 Å². The minimum atomic E-state index is 0.728. The van der Waals surface area contributed by atoms with Crippen molar-refractivity contribution in [2.75, 3.05) is 0 Å². The molecule has 100 valence electrons. The van der Waals surface area contributed by atoms with E-state index in [9.17, 15) is 0 Å². The molecule has 0 heteroatoms. The van der Waals surface area contributed by atoms with Gasteiger partial charge in [-0.25, -0.2) is 0 Å². The van der Waals surface area contributed by atoms with Gasteiger partial charge in [0.25, 0.3) is 0 Å². The molecule has 1 unspecified atom stereocenters. The molecule has 1 atom stereocenters. The zero-order valence-electron chi connectivity index (χ0n) is 11.9. The third kappa shape index (κ3) is 6.05. The highest BCUT2D eigenvalue weighted by atomic mass is 14.1. The van der Waals surface area contributed by atoms with E-state index < -0.39 is 0 Å². The lowest BCUT2D eigenvalue weighted by Crippen LogP contribution is -1.98. The summed E-state index contributed by atoms with van der Waals surface area (Å²) in [7, 11) is 0. The molecule has 0 fully saturated rings. The van der Waals surface area contributed by atoms with Gasteiger partial charge in [-0.15, -0.1) is 6.58 Å². The van der Waals surface area contributed by atoms with Crippen LogP contribution in [-0.2, 0) is 0 Å². The number of hydrogen-bond donors (Lipinski definition) is 0. The van der Waals surface area contributed by atoms with Crippen LogP contribution in [0.5, 0.6) is 0 Å². The predicted molar refractivity (Wildman–Crippen MR) is 82.0 cm³/mol. The molecule has 0 saturated carbocycles. The molecule has 0 N–H and O–H groups in total. The average molecular weight is 244 g/mol. The molecule has 18 heavy (non-hydrogen) atoms. The fraction of sp³-hybridized carbons (Fsp3) is 0.556. The second kappa shape index (κ2) is 9.94. The first-order valence-corrected chi connectivity index (χ1v) is 7.54. The van der Waals surface area contributed by atoms with Gasteiger partial charge in [-0.3, -0.25) is 0 Å². The first kappa shape index (κ1) is 15.0. The SMILES string of the molecule is C=CCCC(CCCCCCC)c1ccccc1. The molecule has 0 bridgehead atoms. The number of unbranched alkanes of at least 4 members (excludes halogenated alkanes) is 4. The Morgan fingerprint density at radius 1 is 1.00 bits per heavy atom. The second-order valence-corrected chi connectivity index (χ2v) is 5.18. The van der Waals surface area contributed by atoms with E-state index in [-0.39, 0.29) is 0 Å². The molecule has 0 radical (unpaired) electrons. The highest BCUT2D eigenvalue weighted by Gasteiger charge is 2.09. The van der Waals surface area contributed by atoms with Crippen LogP contribution >= 0.6 is 0 Å². The molecule has 0 heterocycles. The van der Waals surface area contributed by atoms with E-state index in [2.05, 4.69) is 43.8 Å². The van der Waals surface area contributed by atoms with Crippen LogP contribution in [0.25, 0.3) is 0 Å². The van der Waals surface area contributed by atoms with Crippen LogP contribution in [0.2, 0.25) is 0 Å². The quantitative estimate of drug-likeness (QED) is 0.345.